The van der Waals surface area contributed by atoms with Crippen molar-refractivity contribution in [2.45, 2.75) is 39.7 Å². The van der Waals surface area contributed by atoms with Crippen molar-refractivity contribution < 1.29 is 9.53 Å². The van der Waals surface area contributed by atoms with Crippen LogP contribution >= 0.6 is 0 Å². The number of ether oxygens (including phenoxy) is 1. The van der Waals surface area contributed by atoms with Gasteiger partial charge in [0.2, 0.25) is 0 Å². The van der Waals surface area contributed by atoms with Crippen LogP contribution in [-0.4, -0.2) is 29.7 Å². The summed E-state index contributed by atoms with van der Waals surface area (Å²) in [5, 5.41) is 8.93. The topological polar surface area (TPSA) is 53.3 Å². The van der Waals surface area contributed by atoms with Crippen molar-refractivity contribution in [1.29, 1.82) is 5.26 Å². The molecule has 0 N–H and O–H groups in total. The number of carbonyl (C=O) groups excluding carboxylic acids is 1. The molecule has 0 radical (unpaired) electrons. The molecule has 0 aliphatic carbocycles. The number of hydrogen-bond acceptors (Lipinski definition) is 3. The zero-order chi connectivity index (χ0) is 11.7. The van der Waals surface area contributed by atoms with Crippen LogP contribution < -0.4 is 0 Å². The Hall–Kier alpha value is -1.24. The molecule has 0 bridgehead atoms. The lowest BCUT2D eigenvalue weighted by Gasteiger charge is -2.24. The molecule has 0 spiro atoms. The average molecular weight is 210 g/mol. The van der Waals surface area contributed by atoms with Gasteiger partial charge in [-0.2, -0.15) is 5.26 Å². The van der Waals surface area contributed by atoms with Gasteiger partial charge in [0.1, 0.15) is 5.60 Å². The predicted octanol–water partition coefficient (Wildman–Crippen LogP) is 2.16. The van der Waals surface area contributed by atoms with Crippen LogP contribution in [0.2, 0.25) is 0 Å². The van der Waals surface area contributed by atoms with Crippen molar-refractivity contribution in [3.8, 4) is 6.07 Å². The van der Waals surface area contributed by atoms with Crippen LogP contribution in [0.15, 0.2) is 0 Å². The van der Waals surface area contributed by atoms with Gasteiger partial charge in [0.25, 0.3) is 0 Å². The summed E-state index contributed by atoms with van der Waals surface area (Å²) < 4.78 is 5.24. The molecule has 0 aromatic rings. The van der Waals surface area contributed by atoms with E-state index in [0.29, 0.717) is 13.1 Å². The Bertz CT molecular complexity index is 301. The van der Waals surface area contributed by atoms with Crippen LogP contribution in [-0.2, 0) is 4.74 Å². The summed E-state index contributed by atoms with van der Waals surface area (Å²) in [6.45, 7) is 8.47. The maximum atomic E-state index is 11.7. The van der Waals surface area contributed by atoms with Gasteiger partial charge >= 0.3 is 6.09 Å². The molecule has 1 heterocycles. The van der Waals surface area contributed by atoms with Gasteiger partial charge in [0, 0.05) is 13.1 Å². The van der Waals surface area contributed by atoms with Gasteiger partial charge in [-0.1, -0.05) is 0 Å². The minimum atomic E-state index is -0.470. The number of likely N-dealkylation sites (tertiary alicyclic amines) is 1. The van der Waals surface area contributed by atoms with Crippen molar-refractivity contribution in [3.05, 3.63) is 0 Å². The van der Waals surface area contributed by atoms with Crippen molar-refractivity contribution in [3.63, 3.8) is 0 Å². The lowest BCUT2D eigenvalue weighted by atomic mass is 9.92. The van der Waals surface area contributed by atoms with Crippen molar-refractivity contribution in [2.24, 2.45) is 5.41 Å². The molecular formula is C11H18N2O2. The molecule has 15 heavy (non-hydrogen) atoms. The molecule has 0 saturated carbocycles. The van der Waals surface area contributed by atoms with E-state index in [0.717, 1.165) is 6.42 Å². The maximum absolute atomic E-state index is 11.7. The van der Waals surface area contributed by atoms with Crippen LogP contribution in [0.3, 0.4) is 0 Å². The highest BCUT2D eigenvalue weighted by molar-refractivity contribution is 5.68. The number of rotatable bonds is 0. The highest BCUT2D eigenvalue weighted by atomic mass is 16.6. The van der Waals surface area contributed by atoms with Gasteiger partial charge in [-0.3, -0.25) is 0 Å². The fourth-order valence-electron chi connectivity index (χ4n) is 1.53. The highest BCUT2D eigenvalue weighted by Gasteiger charge is 2.37. The van der Waals surface area contributed by atoms with E-state index in [1.54, 1.807) is 4.90 Å². The molecule has 0 unspecified atom stereocenters. The number of nitriles is 1. The summed E-state index contributed by atoms with van der Waals surface area (Å²) in [7, 11) is 0. The number of nitrogens with zero attached hydrogens (tertiary/aromatic N) is 2. The minimum Gasteiger partial charge on any atom is -0.444 e. The third-order valence-corrected chi connectivity index (χ3v) is 2.39. The van der Waals surface area contributed by atoms with Crippen LogP contribution in [0.25, 0.3) is 0 Å². The number of amides is 1. The highest BCUT2D eigenvalue weighted by Crippen LogP contribution is 2.29. The molecule has 1 fully saturated rings. The van der Waals surface area contributed by atoms with Gasteiger partial charge in [0.15, 0.2) is 0 Å². The van der Waals surface area contributed by atoms with Crippen molar-refractivity contribution in [1.82, 2.24) is 4.90 Å². The molecule has 1 aliphatic heterocycles. The Kier molecular flexibility index (Phi) is 2.94. The van der Waals surface area contributed by atoms with E-state index in [1.807, 2.05) is 27.7 Å². The van der Waals surface area contributed by atoms with E-state index in [2.05, 4.69) is 6.07 Å². The molecule has 84 valence electrons. The summed E-state index contributed by atoms with van der Waals surface area (Å²) in [5.74, 6) is 0. The lowest BCUT2D eigenvalue weighted by molar-refractivity contribution is 0.0283. The van der Waals surface area contributed by atoms with E-state index in [9.17, 15) is 4.79 Å². The van der Waals surface area contributed by atoms with Gasteiger partial charge in [-0.15, -0.1) is 0 Å². The van der Waals surface area contributed by atoms with Gasteiger partial charge in [-0.25, -0.2) is 4.79 Å². The van der Waals surface area contributed by atoms with E-state index in [1.165, 1.54) is 0 Å². The summed E-state index contributed by atoms with van der Waals surface area (Å²) in [6.07, 6.45) is 0.407. The Balaban J connectivity index is 2.56. The zero-order valence-electron chi connectivity index (χ0n) is 9.83. The first-order chi connectivity index (χ1) is 6.76. The predicted molar refractivity (Wildman–Crippen MR) is 56.1 cm³/mol. The Labute approximate surface area is 90.8 Å². The second kappa shape index (κ2) is 3.73. The smallest absolute Gasteiger partial charge is 0.410 e. The quantitative estimate of drug-likeness (QED) is 0.615. The van der Waals surface area contributed by atoms with Gasteiger partial charge < -0.3 is 9.64 Å². The summed E-state index contributed by atoms with van der Waals surface area (Å²) >= 11 is 0. The molecule has 0 aromatic heterocycles. The molecule has 1 atom stereocenters. The third kappa shape index (κ3) is 3.12. The molecule has 4 heteroatoms. The minimum absolute atomic E-state index is 0.318. The largest absolute Gasteiger partial charge is 0.444 e. The first kappa shape index (κ1) is 11.8. The summed E-state index contributed by atoms with van der Waals surface area (Å²) in [4.78, 5) is 13.3. The fourth-order valence-corrected chi connectivity index (χ4v) is 1.53. The van der Waals surface area contributed by atoms with Crippen LogP contribution in [0.1, 0.15) is 34.1 Å². The Morgan fingerprint density at radius 2 is 2.13 bits per heavy atom. The first-order valence-electron chi connectivity index (χ1n) is 5.15. The monoisotopic (exact) mass is 210 g/mol. The Morgan fingerprint density at radius 3 is 2.53 bits per heavy atom. The molecule has 0 aromatic carbocycles. The van der Waals surface area contributed by atoms with E-state index >= 15 is 0 Å². The molecular weight excluding hydrogens is 192 g/mol. The van der Waals surface area contributed by atoms with Crippen LogP contribution in [0.5, 0.6) is 0 Å². The first-order valence-corrected chi connectivity index (χ1v) is 5.15. The van der Waals surface area contributed by atoms with Crippen LogP contribution in [0.4, 0.5) is 4.79 Å². The van der Waals surface area contributed by atoms with Gasteiger partial charge in [0.05, 0.1) is 11.5 Å². The second-order valence-electron chi connectivity index (χ2n) is 5.32. The van der Waals surface area contributed by atoms with Gasteiger partial charge in [-0.05, 0) is 34.1 Å². The SMILES string of the molecule is CC(C)(C)OC(=O)N1CC[C@@](C)(C#N)C1. The van der Waals surface area contributed by atoms with E-state index in [4.69, 9.17) is 10.00 Å². The van der Waals surface area contributed by atoms with Crippen LogP contribution in [0, 0.1) is 16.7 Å². The van der Waals surface area contributed by atoms with Crippen molar-refractivity contribution in [2.75, 3.05) is 13.1 Å². The number of hydrogen-bond donors (Lipinski definition) is 0. The average Bonchev–Trinajstić information content (AvgIpc) is 2.46. The fraction of sp³-hybridized carbons (Fsp3) is 0.818. The van der Waals surface area contributed by atoms with Crippen molar-refractivity contribution >= 4 is 6.09 Å². The Morgan fingerprint density at radius 1 is 1.53 bits per heavy atom. The third-order valence-electron chi connectivity index (χ3n) is 2.39. The standard InChI is InChI=1S/C11H18N2O2/c1-10(2,3)15-9(14)13-6-5-11(4,7-12)8-13/h5-6,8H2,1-4H3/t11-/m0/s1. The number of carbonyl (C=O) groups is 1. The zero-order valence-corrected chi connectivity index (χ0v) is 9.83. The molecule has 1 amide bonds. The second-order valence-corrected chi connectivity index (χ2v) is 5.32. The molecule has 1 rings (SSSR count). The lowest BCUT2D eigenvalue weighted by Crippen LogP contribution is -2.36. The normalized spacial score (nSPS) is 26.2. The summed E-state index contributed by atoms with van der Waals surface area (Å²) in [5.41, 5.74) is -0.875. The van der Waals surface area contributed by atoms with E-state index in [-0.39, 0.29) is 6.09 Å². The molecule has 1 saturated heterocycles. The molecule has 4 nitrogen and oxygen atoms in total. The molecule has 1 aliphatic rings. The summed E-state index contributed by atoms with van der Waals surface area (Å²) in [6, 6.07) is 2.24. The maximum Gasteiger partial charge on any atom is 0.410 e. The van der Waals surface area contributed by atoms with E-state index < -0.39 is 11.0 Å².